The van der Waals surface area contributed by atoms with Crippen molar-refractivity contribution in [2.75, 3.05) is 34.0 Å². The molecule has 0 saturated heterocycles. The summed E-state index contributed by atoms with van der Waals surface area (Å²) in [7, 11) is 3.23. The number of hydrogen-bond acceptors (Lipinski definition) is 3. The Labute approximate surface area is 133 Å². The van der Waals surface area contributed by atoms with E-state index in [1.807, 2.05) is 6.92 Å². The summed E-state index contributed by atoms with van der Waals surface area (Å²) >= 11 is 9.28. The largest absolute Gasteiger partial charge is 0.383 e. The maximum atomic E-state index is 12.6. The van der Waals surface area contributed by atoms with Crippen LogP contribution in [0.15, 0.2) is 22.7 Å². The summed E-state index contributed by atoms with van der Waals surface area (Å²) in [6, 6.07) is 5.10. The average Bonchev–Trinajstić information content (AvgIpc) is 2.39. The van der Waals surface area contributed by atoms with Crippen LogP contribution in [0.1, 0.15) is 17.3 Å². The maximum Gasteiger partial charge on any atom is 0.255 e. The SMILES string of the molecule is COCCN(C(=O)c1ccc(Cl)cc1Br)C(C)COC. The van der Waals surface area contributed by atoms with E-state index in [9.17, 15) is 4.79 Å². The zero-order chi connectivity index (χ0) is 15.1. The first-order chi connectivity index (χ1) is 9.51. The second kappa shape index (κ2) is 8.62. The van der Waals surface area contributed by atoms with Crippen molar-refractivity contribution < 1.29 is 14.3 Å². The molecule has 6 heteroatoms. The number of methoxy groups -OCH3 is 2. The molecular formula is C14H19BrClNO3. The summed E-state index contributed by atoms with van der Waals surface area (Å²) < 4.78 is 10.9. The molecular weight excluding hydrogens is 346 g/mol. The van der Waals surface area contributed by atoms with Gasteiger partial charge >= 0.3 is 0 Å². The molecule has 0 bridgehead atoms. The number of carbonyl (C=O) groups is 1. The van der Waals surface area contributed by atoms with Crippen LogP contribution in [0.3, 0.4) is 0 Å². The number of halogens is 2. The Kier molecular flexibility index (Phi) is 7.51. The van der Waals surface area contributed by atoms with Gasteiger partial charge in [-0.3, -0.25) is 4.79 Å². The van der Waals surface area contributed by atoms with E-state index in [2.05, 4.69) is 15.9 Å². The molecule has 1 rings (SSSR count). The minimum Gasteiger partial charge on any atom is -0.383 e. The van der Waals surface area contributed by atoms with Crippen molar-refractivity contribution in [3.63, 3.8) is 0 Å². The van der Waals surface area contributed by atoms with Crippen LogP contribution >= 0.6 is 27.5 Å². The minimum absolute atomic E-state index is 0.0368. The van der Waals surface area contributed by atoms with Gasteiger partial charge in [0.05, 0.1) is 24.8 Å². The van der Waals surface area contributed by atoms with E-state index >= 15 is 0 Å². The number of amides is 1. The monoisotopic (exact) mass is 363 g/mol. The zero-order valence-corrected chi connectivity index (χ0v) is 14.2. The topological polar surface area (TPSA) is 38.8 Å². The van der Waals surface area contributed by atoms with Crippen molar-refractivity contribution in [3.8, 4) is 0 Å². The lowest BCUT2D eigenvalue weighted by atomic mass is 10.1. The highest BCUT2D eigenvalue weighted by atomic mass is 79.9. The first kappa shape index (κ1) is 17.4. The number of rotatable bonds is 7. The molecule has 0 aliphatic rings. The third-order valence-corrected chi connectivity index (χ3v) is 3.79. The highest BCUT2D eigenvalue weighted by Gasteiger charge is 2.23. The van der Waals surface area contributed by atoms with E-state index in [-0.39, 0.29) is 11.9 Å². The first-order valence-electron chi connectivity index (χ1n) is 6.25. The molecule has 112 valence electrons. The Morgan fingerprint density at radius 1 is 1.40 bits per heavy atom. The van der Waals surface area contributed by atoms with Crippen LogP contribution in [-0.4, -0.2) is 50.8 Å². The molecule has 0 aliphatic heterocycles. The Hall–Kier alpha value is -0.620. The van der Waals surface area contributed by atoms with E-state index < -0.39 is 0 Å². The van der Waals surface area contributed by atoms with Crippen molar-refractivity contribution in [2.45, 2.75) is 13.0 Å². The van der Waals surface area contributed by atoms with Crippen LogP contribution in [-0.2, 0) is 9.47 Å². The van der Waals surface area contributed by atoms with Crippen molar-refractivity contribution in [2.24, 2.45) is 0 Å². The summed E-state index contributed by atoms with van der Waals surface area (Å²) in [6.45, 7) is 3.40. The zero-order valence-electron chi connectivity index (χ0n) is 11.9. The molecule has 0 saturated carbocycles. The van der Waals surface area contributed by atoms with E-state index in [4.69, 9.17) is 21.1 Å². The van der Waals surface area contributed by atoms with Crippen molar-refractivity contribution >= 4 is 33.4 Å². The fourth-order valence-corrected chi connectivity index (χ4v) is 2.71. The predicted octanol–water partition coefficient (Wildman–Crippen LogP) is 3.23. The van der Waals surface area contributed by atoms with Gasteiger partial charge in [-0.25, -0.2) is 0 Å². The quantitative estimate of drug-likeness (QED) is 0.745. The van der Waals surface area contributed by atoms with Gasteiger partial charge in [0.15, 0.2) is 0 Å². The normalized spacial score (nSPS) is 12.2. The molecule has 1 aromatic carbocycles. The smallest absolute Gasteiger partial charge is 0.255 e. The highest BCUT2D eigenvalue weighted by molar-refractivity contribution is 9.10. The lowest BCUT2D eigenvalue weighted by Crippen LogP contribution is -2.43. The number of nitrogens with zero attached hydrogens (tertiary/aromatic N) is 1. The van der Waals surface area contributed by atoms with Crippen LogP contribution in [0, 0.1) is 0 Å². The molecule has 20 heavy (non-hydrogen) atoms. The van der Waals surface area contributed by atoms with Gasteiger partial charge in [0, 0.05) is 30.3 Å². The number of ether oxygens (including phenoxy) is 2. The van der Waals surface area contributed by atoms with Crippen LogP contribution in [0.5, 0.6) is 0 Å². The summed E-state index contributed by atoms with van der Waals surface area (Å²) in [4.78, 5) is 14.4. The Bertz CT molecular complexity index is 456. The highest BCUT2D eigenvalue weighted by Crippen LogP contribution is 2.23. The van der Waals surface area contributed by atoms with Gasteiger partial charge in [-0.2, -0.15) is 0 Å². The van der Waals surface area contributed by atoms with Crippen molar-refractivity contribution in [3.05, 3.63) is 33.3 Å². The molecule has 0 radical (unpaired) electrons. The molecule has 4 nitrogen and oxygen atoms in total. The molecule has 0 N–H and O–H groups in total. The van der Waals surface area contributed by atoms with Gasteiger partial charge < -0.3 is 14.4 Å². The molecule has 1 aromatic rings. The van der Waals surface area contributed by atoms with Crippen molar-refractivity contribution in [1.82, 2.24) is 4.90 Å². The van der Waals surface area contributed by atoms with Crippen LogP contribution in [0.4, 0.5) is 0 Å². The van der Waals surface area contributed by atoms with Crippen LogP contribution in [0.2, 0.25) is 5.02 Å². The van der Waals surface area contributed by atoms with Gasteiger partial charge in [0.1, 0.15) is 0 Å². The summed E-state index contributed by atoms with van der Waals surface area (Å²) in [5.74, 6) is -0.0739. The van der Waals surface area contributed by atoms with E-state index in [1.165, 1.54) is 0 Å². The molecule has 0 fully saturated rings. The lowest BCUT2D eigenvalue weighted by Gasteiger charge is -2.29. The molecule has 1 amide bonds. The van der Waals surface area contributed by atoms with Gasteiger partial charge in [-0.05, 0) is 41.1 Å². The lowest BCUT2D eigenvalue weighted by molar-refractivity contribution is 0.0478. The first-order valence-corrected chi connectivity index (χ1v) is 7.42. The average molecular weight is 365 g/mol. The fourth-order valence-electron chi connectivity index (χ4n) is 1.86. The van der Waals surface area contributed by atoms with E-state index in [1.54, 1.807) is 37.3 Å². The standard InChI is InChI=1S/C14H19BrClNO3/c1-10(9-20-3)17(6-7-19-2)14(18)12-5-4-11(16)8-13(12)15/h4-5,8,10H,6-7,9H2,1-3H3. The summed E-state index contributed by atoms with van der Waals surface area (Å²) in [5.41, 5.74) is 0.577. The summed E-state index contributed by atoms with van der Waals surface area (Å²) in [5, 5.41) is 0.585. The molecule has 0 aliphatic carbocycles. The predicted molar refractivity (Wildman–Crippen MR) is 83.4 cm³/mol. The fraction of sp³-hybridized carbons (Fsp3) is 0.500. The van der Waals surface area contributed by atoms with Gasteiger partial charge in [0.25, 0.3) is 5.91 Å². The van der Waals surface area contributed by atoms with Gasteiger partial charge in [-0.1, -0.05) is 11.6 Å². The second-order valence-corrected chi connectivity index (χ2v) is 5.71. The molecule has 0 aromatic heterocycles. The van der Waals surface area contributed by atoms with Gasteiger partial charge in [-0.15, -0.1) is 0 Å². The minimum atomic E-state index is -0.0739. The number of carbonyl (C=O) groups excluding carboxylic acids is 1. The molecule has 1 atom stereocenters. The molecule has 0 heterocycles. The van der Waals surface area contributed by atoms with Crippen LogP contribution < -0.4 is 0 Å². The molecule has 1 unspecified atom stereocenters. The number of benzene rings is 1. The molecule has 0 spiro atoms. The Morgan fingerprint density at radius 3 is 2.65 bits per heavy atom. The Morgan fingerprint density at radius 2 is 2.10 bits per heavy atom. The van der Waals surface area contributed by atoms with Gasteiger partial charge in [0.2, 0.25) is 0 Å². The second-order valence-electron chi connectivity index (χ2n) is 4.42. The maximum absolute atomic E-state index is 12.6. The van der Waals surface area contributed by atoms with E-state index in [0.29, 0.717) is 34.8 Å². The summed E-state index contributed by atoms with van der Waals surface area (Å²) in [6.07, 6.45) is 0. The van der Waals surface area contributed by atoms with E-state index in [0.717, 1.165) is 0 Å². The van der Waals surface area contributed by atoms with Crippen LogP contribution in [0.25, 0.3) is 0 Å². The third-order valence-electron chi connectivity index (χ3n) is 2.90. The Balaban J connectivity index is 2.96. The third kappa shape index (κ3) is 4.74. The van der Waals surface area contributed by atoms with Crippen molar-refractivity contribution in [1.29, 1.82) is 0 Å². The number of hydrogen-bond donors (Lipinski definition) is 0.